The van der Waals surface area contributed by atoms with E-state index < -0.39 is 5.60 Å². The summed E-state index contributed by atoms with van der Waals surface area (Å²) in [7, 11) is 0. The van der Waals surface area contributed by atoms with E-state index in [4.69, 9.17) is 6.42 Å². The molecule has 0 aliphatic heterocycles. The molecule has 0 aliphatic rings. The predicted molar refractivity (Wildman–Crippen MR) is 66.9 cm³/mol. The Kier molecular flexibility index (Phi) is 3.74. The first-order valence-electron chi connectivity index (χ1n) is 5.14. The average Bonchev–Trinajstić information content (AvgIpc) is 2.29. The van der Waals surface area contributed by atoms with Crippen molar-refractivity contribution >= 4 is 0 Å². The van der Waals surface area contributed by atoms with Crippen molar-refractivity contribution in [2.75, 3.05) is 0 Å². The van der Waals surface area contributed by atoms with Crippen molar-refractivity contribution in [3.63, 3.8) is 0 Å². The largest absolute Gasteiger partial charge is 0.379 e. The van der Waals surface area contributed by atoms with E-state index in [1.54, 1.807) is 6.92 Å². The van der Waals surface area contributed by atoms with Gasteiger partial charge in [-0.3, -0.25) is 0 Å². The Hall–Kier alpha value is -1.74. The van der Waals surface area contributed by atoms with Crippen molar-refractivity contribution in [3.05, 3.63) is 53.3 Å². The third kappa shape index (κ3) is 2.25. The van der Waals surface area contributed by atoms with Crippen molar-refractivity contribution in [2.24, 2.45) is 0 Å². The van der Waals surface area contributed by atoms with E-state index in [-0.39, 0.29) is 6.42 Å². The van der Waals surface area contributed by atoms with Gasteiger partial charge in [0.2, 0.25) is 0 Å². The van der Waals surface area contributed by atoms with Crippen LogP contribution in [0.2, 0.25) is 0 Å². The highest BCUT2D eigenvalue weighted by Gasteiger charge is 2.30. The molecule has 1 N–H and O–H groups in total. The third-order valence-corrected chi connectivity index (χ3v) is 2.77. The summed E-state index contributed by atoms with van der Waals surface area (Å²) in [5.74, 6) is 2.50. The first-order valence-corrected chi connectivity index (χ1v) is 5.14. The van der Waals surface area contributed by atoms with E-state index in [0.717, 1.165) is 11.1 Å². The van der Waals surface area contributed by atoms with Crippen molar-refractivity contribution in [1.29, 1.82) is 0 Å². The summed E-state index contributed by atoms with van der Waals surface area (Å²) >= 11 is 0. The minimum atomic E-state index is -1.15. The van der Waals surface area contributed by atoms with Gasteiger partial charge in [-0.25, -0.2) is 0 Å². The third-order valence-electron chi connectivity index (χ3n) is 2.77. The van der Waals surface area contributed by atoms with Gasteiger partial charge in [-0.15, -0.1) is 18.1 Å². The van der Waals surface area contributed by atoms with E-state index in [0.29, 0.717) is 5.57 Å². The van der Waals surface area contributed by atoms with Crippen molar-refractivity contribution in [3.8, 4) is 12.3 Å². The average molecular weight is 212 g/mol. The Bertz CT molecular complexity index is 455. The zero-order valence-corrected chi connectivity index (χ0v) is 9.75. The molecule has 0 saturated carbocycles. The summed E-state index contributed by atoms with van der Waals surface area (Å²) in [6.07, 6.45) is 5.53. The summed E-state index contributed by atoms with van der Waals surface area (Å²) in [4.78, 5) is 0. The summed E-state index contributed by atoms with van der Waals surface area (Å²) in [5, 5.41) is 10.6. The van der Waals surface area contributed by atoms with Gasteiger partial charge in [0.15, 0.2) is 0 Å². The molecule has 0 bridgehead atoms. The predicted octanol–water partition coefficient (Wildman–Crippen LogP) is 2.94. The first-order chi connectivity index (χ1) is 7.54. The van der Waals surface area contributed by atoms with Crippen LogP contribution in [0.25, 0.3) is 0 Å². The molecule has 1 heteroatoms. The van der Waals surface area contributed by atoms with Crippen molar-refractivity contribution < 1.29 is 5.11 Å². The molecule has 1 unspecified atom stereocenters. The second kappa shape index (κ2) is 4.86. The summed E-state index contributed by atoms with van der Waals surface area (Å²) in [6, 6.07) is 7.67. The number of hydrogen-bond donors (Lipinski definition) is 1. The fourth-order valence-electron chi connectivity index (χ4n) is 1.57. The Labute approximate surface area is 97.1 Å². The maximum absolute atomic E-state index is 10.6. The maximum atomic E-state index is 10.6. The number of aryl methyl sites for hydroxylation is 1. The lowest BCUT2D eigenvalue weighted by atomic mass is 9.84. The molecule has 0 spiro atoms. The molecule has 1 aromatic rings. The smallest absolute Gasteiger partial charge is 0.129 e. The van der Waals surface area contributed by atoms with Gasteiger partial charge in [-0.2, -0.15) is 0 Å². The summed E-state index contributed by atoms with van der Waals surface area (Å²) in [5.41, 5.74) is 4.15. The number of aliphatic hydroxyl groups is 1. The van der Waals surface area contributed by atoms with Crippen molar-refractivity contribution in [1.82, 2.24) is 0 Å². The SMILES string of the molecule is C#CCC(O)(C(C)=C=C)c1ccc(C)cc1. The van der Waals surface area contributed by atoms with E-state index in [1.807, 2.05) is 31.2 Å². The lowest BCUT2D eigenvalue weighted by Crippen LogP contribution is -2.26. The van der Waals surface area contributed by atoms with Crippen LogP contribution in [0.4, 0.5) is 0 Å². The lowest BCUT2D eigenvalue weighted by Gasteiger charge is -2.26. The first kappa shape index (κ1) is 12.3. The molecule has 1 aromatic carbocycles. The molecule has 1 nitrogen and oxygen atoms in total. The Morgan fingerprint density at radius 3 is 2.44 bits per heavy atom. The monoisotopic (exact) mass is 212 g/mol. The quantitative estimate of drug-likeness (QED) is 0.603. The molecule has 0 amide bonds. The van der Waals surface area contributed by atoms with E-state index in [1.165, 1.54) is 0 Å². The molecule has 0 fully saturated rings. The molecular formula is C15H16O. The molecule has 0 aromatic heterocycles. The van der Waals surface area contributed by atoms with Gasteiger partial charge in [-0.1, -0.05) is 36.4 Å². The molecule has 82 valence electrons. The Balaban J connectivity index is 3.28. The minimum absolute atomic E-state index is 0.227. The number of benzene rings is 1. The molecule has 0 saturated heterocycles. The molecule has 0 aliphatic carbocycles. The van der Waals surface area contributed by atoms with Crippen LogP contribution in [-0.4, -0.2) is 5.11 Å². The van der Waals surface area contributed by atoms with Gasteiger partial charge in [0.1, 0.15) is 5.60 Å². The maximum Gasteiger partial charge on any atom is 0.129 e. The molecule has 0 radical (unpaired) electrons. The lowest BCUT2D eigenvalue weighted by molar-refractivity contribution is 0.0822. The Morgan fingerprint density at radius 2 is 2.00 bits per heavy atom. The second-order valence-electron chi connectivity index (χ2n) is 3.91. The van der Waals surface area contributed by atoms with Gasteiger partial charge in [-0.05, 0) is 19.4 Å². The van der Waals surface area contributed by atoms with Crippen LogP contribution < -0.4 is 0 Å². The summed E-state index contributed by atoms with van der Waals surface area (Å²) < 4.78 is 0. The van der Waals surface area contributed by atoms with Crippen LogP contribution in [0.5, 0.6) is 0 Å². The van der Waals surface area contributed by atoms with E-state index in [2.05, 4.69) is 18.2 Å². The van der Waals surface area contributed by atoms with Crippen molar-refractivity contribution in [2.45, 2.75) is 25.9 Å². The number of hydrogen-bond acceptors (Lipinski definition) is 1. The van der Waals surface area contributed by atoms with Crippen LogP contribution in [0.15, 0.2) is 42.1 Å². The molecule has 1 atom stereocenters. The fourth-order valence-corrected chi connectivity index (χ4v) is 1.57. The van der Waals surface area contributed by atoms with Crippen LogP contribution in [0.1, 0.15) is 24.5 Å². The topological polar surface area (TPSA) is 20.2 Å². The highest BCUT2D eigenvalue weighted by atomic mass is 16.3. The van der Waals surface area contributed by atoms with Gasteiger partial charge < -0.3 is 5.11 Å². The summed E-state index contributed by atoms with van der Waals surface area (Å²) in [6.45, 7) is 7.34. The zero-order valence-electron chi connectivity index (χ0n) is 9.75. The highest BCUT2D eigenvalue weighted by molar-refractivity contribution is 5.35. The van der Waals surface area contributed by atoms with Gasteiger partial charge in [0.05, 0.1) is 0 Å². The van der Waals surface area contributed by atoms with Crippen LogP contribution in [0, 0.1) is 19.3 Å². The minimum Gasteiger partial charge on any atom is -0.379 e. The fraction of sp³-hybridized carbons (Fsp3) is 0.267. The standard InChI is InChI=1S/C15H16O/c1-5-11-15(16,13(4)6-2)14-9-7-12(3)8-10-14/h1,7-10,16H,2,11H2,3-4H3. The van der Waals surface area contributed by atoms with Gasteiger partial charge in [0.25, 0.3) is 0 Å². The molecule has 0 heterocycles. The second-order valence-corrected chi connectivity index (χ2v) is 3.91. The molecule has 1 rings (SSSR count). The normalized spacial score (nSPS) is 13.4. The van der Waals surface area contributed by atoms with Gasteiger partial charge in [0, 0.05) is 12.0 Å². The van der Waals surface area contributed by atoms with Crippen LogP contribution in [0.3, 0.4) is 0 Å². The van der Waals surface area contributed by atoms with Crippen LogP contribution >= 0.6 is 0 Å². The zero-order chi connectivity index (χ0) is 12.2. The number of rotatable bonds is 3. The number of terminal acetylenes is 1. The van der Waals surface area contributed by atoms with Gasteiger partial charge >= 0.3 is 0 Å². The van der Waals surface area contributed by atoms with E-state index >= 15 is 0 Å². The molecule has 16 heavy (non-hydrogen) atoms. The highest BCUT2D eigenvalue weighted by Crippen LogP contribution is 2.31. The van der Waals surface area contributed by atoms with E-state index in [9.17, 15) is 5.11 Å². The Morgan fingerprint density at radius 1 is 1.44 bits per heavy atom. The molecular weight excluding hydrogens is 196 g/mol. The van der Waals surface area contributed by atoms with Crippen LogP contribution in [-0.2, 0) is 5.60 Å².